The third kappa shape index (κ3) is 3.56. The van der Waals surface area contributed by atoms with Gasteiger partial charge in [0, 0.05) is 32.0 Å². The Morgan fingerprint density at radius 1 is 1.53 bits per heavy atom. The van der Waals surface area contributed by atoms with Crippen LogP contribution in [0, 0.1) is 5.92 Å². The highest BCUT2D eigenvalue weighted by Crippen LogP contribution is 2.24. The van der Waals surface area contributed by atoms with E-state index in [1.165, 1.54) is 12.2 Å². The predicted molar refractivity (Wildman–Crippen MR) is 82.9 cm³/mol. The van der Waals surface area contributed by atoms with E-state index >= 15 is 0 Å². The molecule has 1 aromatic rings. The van der Waals surface area contributed by atoms with Crippen LogP contribution in [-0.4, -0.2) is 38.1 Å². The molecule has 1 heterocycles. The second kappa shape index (κ2) is 6.19. The van der Waals surface area contributed by atoms with Crippen molar-refractivity contribution in [3.8, 4) is 0 Å². The van der Waals surface area contributed by atoms with Gasteiger partial charge in [-0.2, -0.15) is 11.8 Å². The van der Waals surface area contributed by atoms with Crippen molar-refractivity contribution in [3.05, 3.63) is 23.8 Å². The molecular formula is C14H21N3OS. The van der Waals surface area contributed by atoms with Crippen molar-refractivity contribution in [1.82, 2.24) is 5.32 Å². The summed E-state index contributed by atoms with van der Waals surface area (Å²) in [7, 11) is 3.85. The van der Waals surface area contributed by atoms with Gasteiger partial charge in [0.25, 0.3) is 5.91 Å². The molecule has 1 aromatic carbocycles. The number of hydrogen-bond acceptors (Lipinski definition) is 4. The van der Waals surface area contributed by atoms with Gasteiger partial charge in [-0.05, 0) is 42.0 Å². The highest BCUT2D eigenvalue weighted by Gasteiger charge is 2.18. The first-order chi connectivity index (χ1) is 9.08. The zero-order chi connectivity index (χ0) is 13.8. The molecule has 5 heteroatoms. The molecule has 1 unspecified atom stereocenters. The summed E-state index contributed by atoms with van der Waals surface area (Å²) in [4.78, 5) is 14.2. The summed E-state index contributed by atoms with van der Waals surface area (Å²) in [5, 5.41) is 3.03. The smallest absolute Gasteiger partial charge is 0.253 e. The SMILES string of the molecule is CN(C)c1ccc(N)cc1C(=O)NCC1CCSC1. The van der Waals surface area contributed by atoms with Crippen molar-refractivity contribution in [2.75, 3.05) is 42.8 Å². The van der Waals surface area contributed by atoms with E-state index in [0.717, 1.165) is 18.0 Å². The highest BCUT2D eigenvalue weighted by atomic mass is 32.2. The molecule has 1 saturated heterocycles. The lowest BCUT2D eigenvalue weighted by molar-refractivity contribution is 0.0949. The van der Waals surface area contributed by atoms with Crippen LogP contribution in [0.15, 0.2) is 18.2 Å². The maximum Gasteiger partial charge on any atom is 0.253 e. The summed E-state index contributed by atoms with van der Waals surface area (Å²) in [5.74, 6) is 2.94. The molecule has 19 heavy (non-hydrogen) atoms. The van der Waals surface area contributed by atoms with E-state index in [0.29, 0.717) is 17.2 Å². The van der Waals surface area contributed by atoms with Gasteiger partial charge in [0.15, 0.2) is 0 Å². The van der Waals surface area contributed by atoms with Gasteiger partial charge < -0.3 is 16.0 Å². The Balaban J connectivity index is 2.06. The molecule has 0 radical (unpaired) electrons. The summed E-state index contributed by atoms with van der Waals surface area (Å²) in [6.07, 6.45) is 1.20. The van der Waals surface area contributed by atoms with Gasteiger partial charge in [-0.1, -0.05) is 0 Å². The second-order valence-electron chi connectivity index (χ2n) is 5.11. The van der Waals surface area contributed by atoms with Crippen LogP contribution in [-0.2, 0) is 0 Å². The standard InChI is InChI=1S/C14H21N3OS/c1-17(2)13-4-3-11(15)7-12(13)14(18)16-8-10-5-6-19-9-10/h3-4,7,10H,5-6,8-9,15H2,1-2H3,(H,16,18). The molecular weight excluding hydrogens is 258 g/mol. The minimum Gasteiger partial charge on any atom is -0.399 e. The van der Waals surface area contributed by atoms with E-state index in [9.17, 15) is 4.79 Å². The van der Waals surface area contributed by atoms with Crippen molar-refractivity contribution in [2.24, 2.45) is 5.92 Å². The van der Waals surface area contributed by atoms with Gasteiger partial charge in [0.1, 0.15) is 0 Å². The molecule has 0 bridgehead atoms. The number of thioether (sulfide) groups is 1. The topological polar surface area (TPSA) is 58.4 Å². The van der Waals surface area contributed by atoms with Crippen molar-refractivity contribution < 1.29 is 4.79 Å². The fourth-order valence-corrected chi connectivity index (χ4v) is 3.49. The van der Waals surface area contributed by atoms with Gasteiger partial charge in [-0.3, -0.25) is 4.79 Å². The summed E-state index contributed by atoms with van der Waals surface area (Å²) >= 11 is 1.96. The van der Waals surface area contributed by atoms with E-state index in [4.69, 9.17) is 5.73 Å². The molecule has 0 aromatic heterocycles. The molecule has 0 aliphatic carbocycles. The van der Waals surface area contributed by atoms with Crippen molar-refractivity contribution in [2.45, 2.75) is 6.42 Å². The van der Waals surface area contributed by atoms with Crippen LogP contribution in [0.3, 0.4) is 0 Å². The number of amides is 1. The molecule has 0 spiro atoms. The lowest BCUT2D eigenvalue weighted by atomic mass is 10.1. The van der Waals surface area contributed by atoms with Crippen LogP contribution in [0.2, 0.25) is 0 Å². The van der Waals surface area contributed by atoms with Crippen LogP contribution < -0.4 is 16.0 Å². The molecule has 1 amide bonds. The molecule has 2 rings (SSSR count). The Kier molecular flexibility index (Phi) is 4.58. The quantitative estimate of drug-likeness (QED) is 0.825. The molecule has 1 atom stereocenters. The number of carbonyl (C=O) groups excluding carboxylic acids is 1. The summed E-state index contributed by atoms with van der Waals surface area (Å²) in [6, 6.07) is 5.45. The van der Waals surface area contributed by atoms with Gasteiger partial charge >= 0.3 is 0 Å². The highest BCUT2D eigenvalue weighted by molar-refractivity contribution is 7.99. The maximum atomic E-state index is 12.3. The van der Waals surface area contributed by atoms with Crippen LogP contribution in [0.1, 0.15) is 16.8 Å². The maximum absolute atomic E-state index is 12.3. The fourth-order valence-electron chi connectivity index (χ4n) is 2.20. The average molecular weight is 279 g/mol. The number of carbonyl (C=O) groups is 1. The van der Waals surface area contributed by atoms with Crippen LogP contribution in [0.5, 0.6) is 0 Å². The number of nitrogens with two attached hydrogens (primary N) is 1. The second-order valence-corrected chi connectivity index (χ2v) is 6.26. The monoisotopic (exact) mass is 279 g/mol. The lowest BCUT2D eigenvalue weighted by Gasteiger charge is -2.18. The third-order valence-electron chi connectivity index (χ3n) is 3.32. The van der Waals surface area contributed by atoms with Crippen LogP contribution in [0.25, 0.3) is 0 Å². The van der Waals surface area contributed by atoms with E-state index in [-0.39, 0.29) is 5.91 Å². The third-order valence-corrected chi connectivity index (χ3v) is 4.55. The number of nitrogens with zero attached hydrogens (tertiary/aromatic N) is 1. The number of anilines is 2. The lowest BCUT2D eigenvalue weighted by Crippen LogP contribution is -2.30. The fraction of sp³-hybridized carbons (Fsp3) is 0.500. The van der Waals surface area contributed by atoms with E-state index in [2.05, 4.69) is 5.32 Å². The van der Waals surface area contributed by atoms with E-state index < -0.39 is 0 Å². The Bertz CT molecular complexity index is 456. The zero-order valence-electron chi connectivity index (χ0n) is 11.5. The molecule has 4 nitrogen and oxygen atoms in total. The molecule has 3 N–H and O–H groups in total. The first-order valence-electron chi connectivity index (χ1n) is 6.50. The molecule has 1 fully saturated rings. The van der Waals surface area contributed by atoms with Crippen molar-refractivity contribution in [3.63, 3.8) is 0 Å². The Labute approximate surface area is 118 Å². The molecule has 1 aliphatic heterocycles. The number of nitrogens with one attached hydrogen (secondary N) is 1. The van der Waals surface area contributed by atoms with Gasteiger partial charge in [-0.25, -0.2) is 0 Å². The number of benzene rings is 1. The Hall–Kier alpha value is -1.36. The van der Waals surface area contributed by atoms with Gasteiger partial charge in [0.2, 0.25) is 0 Å². The first kappa shape index (κ1) is 14.1. The minimum absolute atomic E-state index is 0.0344. The van der Waals surface area contributed by atoms with Crippen LogP contribution >= 0.6 is 11.8 Å². The normalized spacial score (nSPS) is 18.3. The summed E-state index contributed by atoms with van der Waals surface area (Å²) in [6.45, 7) is 0.757. The average Bonchev–Trinajstić information content (AvgIpc) is 2.88. The molecule has 1 aliphatic rings. The van der Waals surface area contributed by atoms with Gasteiger partial charge in [0.05, 0.1) is 5.56 Å². The van der Waals surface area contributed by atoms with Crippen molar-refractivity contribution >= 4 is 29.0 Å². The first-order valence-corrected chi connectivity index (χ1v) is 7.66. The van der Waals surface area contributed by atoms with Crippen LogP contribution in [0.4, 0.5) is 11.4 Å². The van der Waals surface area contributed by atoms with E-state index in [1.807, 2.05) is 42.9 Å². The summed E-state index contributed by atoms with van der Waals surface area (Å²) in [5.41, 5.74) is 7.94. The predicted octanol–water partition coefficient (Wildman–Crippen LogP) is 1.82. The Morgan fingerprint density at radius 2 is 2.32 bits per heavy atom. The molecule has 0 saturated carbocycles. The van der Waals surface area contributed by atoms with Gasteiger partial charge in [-0.15, -0.1) is 0 Å². The summed E-state index contributed by atoms with van der Waals surface area (Å²) < 4.78 is 0. The minimum atomic E-state index is -0.0344. The largest absolute Gasteiger partial charge is 0.399 e. The zero-order valence-corrected chi connectivity index (χ0v) is 12.3. The molecule has 104 valence electrons. The van der Waals surface area contributed by atoms with Crippen molar-refractivity contribution in [1.29, 1.82) is 0 Å². The Morgan fingerprint density at radius 3 is 2.95 bits per heavy atom. The number of nitrogen functional groups attached to an aromatic ring is 1. The number of rotatable bonds is 4. The number of hydrogen-bond donors (Lipinski definition) is 2. The van der Waals surface area contributed by atoms with E-state index in [1.54, 1.807) is 6.07 Å².